The molecule has 19 heavy (non-hydrogen) atoms. The molecule has 0 saturated carbocycles. The van der Waals surface area contributed by atoms with E-state index in [-0.39, 0.29) is 11.9 Å². The summed E-state index contributed by atoms with van der Waals surface area (Å²) in [5.41, 5.74) is 0.469. The second kappa shape index (κ2) is 6.25. The van der Waals surface area contributed by atoms with Gasteiger partial charge in [-0.15, -0.1) is 0 Å². The molecule has 1 atom stereocenters. The van der Waals surface area contributed by atoms with E-state index >= 15 is 0 Å². The summed E-state index contributed by atoms with van der Waals surface area (Å²) in [4.78, 5) is 12.2. The van der Waals surface area contributed by atoms with E-state index in [4.69, 9.17) is 0 Å². The Kier molecular flexibility index (Phi) is 4.66. The molecule has 1 saturated heterocycles. The molecule has 0 unspecified atom stereocenters. The summed E-state index contributed by atoms with van der Waals surface area (Å²) in [6.45, 7) is 7.42. The Bertz CT molecular complexity index is 419. The van der Waals surface area contributed by atoms with Crippen LogP contribution in [0.2, 0.25) is 0 Å². The van der Waals surface area contributed by atoms with Gasteiger partial charge in [-0.1, -0.05) is 6.92 Å². The van der Waals surface area contributed by atoms with Crippen molar-refractivity contribution in [3.05, 3.63) is 17.8 Å². The first-order valence-corrected chi connectivity index (χ1v) is 6.76. The zero-order valence-corrected chi connectivity index (χ0v) is 11.5. The molecule has 106 valence electrons. The number of piperazine rings is 1. The number of anilines is 1. The Balaban J connectivity index is 2.01. The number of halogens is 1. The molecule has 1 fully saturated rings. The molecule has 1 N–H and O–H groups in total. The van der Waals surface area contributed by atoms with E-state index in [1.54, 1.807) is 6.92 Å². The molecule has 1 aliphatic heterocycles. The van der Waals surface area contributed by atoms with E-state index in [9.17, 15) is 9.50 Å². The molecule has 5 nitrogen and oxygen atoms in total. The average molecular weight is 268 g/mol. The second-order valence-corrected chi connectivity index (χ2v) is 4.95. The van der Waals surface area contributed by atoms with Gasteiger partial charge >= 0.3 is 0 Å². The maximum Gasteiger partial charge on any atom is 0.187 e. The van der Waals surface area contributed by atoms with Crippen LogP contribution in [0.1, 0.15) is 19.5 Å². The quantitative estimate of drug-likeness (QED) is 0.870. The maximum absolute atomic E-state index is 14.1. The number of aliphatic hydroxyl groups excluding tert-OH is 1. The highest BCUT2D eigenvalue weighted by molar-refractivity contribution is 5.41. The normalized spacial score (nSPS) is 18.6. The second-order valence-electron chi connectivity index (χ2n) is 4.95. The fourth-order valence-corrected chi connectivity index (χ4v) is 2.38. The van der Waals surface area contributed by atoms with Crippen LogP contribution in [0.4, 0.5) is 10.2 Å². The topological polar surface area (TPSA) is 52.5 Å². The molecule has 0 radical (unpaired) electrons. The minimum Gasteiger partial charge on any atom is -0.392 e. The van der Waals surface area contributed by atoms with E-state index in [0.717, 1.165) is 26.2 Å². The lowest BCUT2D eigenvalue weighted by molar-refractivity contribution is 0.122. The predicted molar refractivity (Wildman–Crippen MR) is 71.7 cm³/mol. The lowest BCUT2D eigenvalue weighted by Crippen LogP contribution is -2.48. The molecule has 0 aliphatic carbocycles. The molecule has 6 heteroatoms. The Morgan fingerprint density at radius 3 is 2.58 bits per heavy atom. The first-order chi connectivity index (χ1) is 9.11. The van der Waals surface area contributed by atoms with Crippen molar-refractivity contribution in [2.24, 2.45) is 0 Å². The van der Waals surface area contributed by atoms with Crippen molar-refractivity contribution in [3.63, 3.8) is 0 Å². The van der Waals surface area contributed by atoms with Gasteiger partial charge in [-0.05, 0) is 13.3 Å². The summed E-state index contributed by atoms with van der Waals surface area (Å²) in [6, 6.07) is 0. The van der Waals surface area contributed by atoms with Crippen LogP contribution in [0, 0.1) is 5.82 Å². The SMILES string of the molecule is CCc1ncnc(N2CCN(C[C@@H](C)O)CC2)c1F. The third kappa shape index (κ3) is 3.39. The van der Waals surface area contributed by atoms with Gasteiger partial charge in [0.05, 0.1) is 11.8 Å². The van der Waals surface area contributed by atoms with Crippen LogP contribution in [-0.2, 0) is 6.42 Å². The molecule has 0 spiro atoms. The molecule has 0 amide bonds. The van der Waals surface area contributed by atoms with Crippen molar-refractivity contribution in [1.29, 1.82) is 0 Å². The fraction of sp³-hybridized carbons (Fsp3) is 0.692. The van der Waals surface area contributed by atoms with Crippen LogP contribution >= 0.6 is 0 Å². The summed E-state index contributed by atoms with van der Waals surface area (Å²) in [6.07, 6.45) is 1.68. The minimum atomic E-state index is -0.325. The summed E-state index contributed by atoms with van der Waals surface area (Å²) in [5, 5.41) is 9.36. The van der Waals surface area contributed by atoms with Gasteiger partial charge in [0.1, 0.15) is 6.33 Å². The Morgan fingerprint density at radius 2 is 2.00 bits per heavy atom. The molecule has 0 aromatic carbocycles. The third-order valence-corrected chi connectivity index (χ3v) is 3.37. The molecular formula is C13H21FN4O. The highest BCUT2D eigenvalue weighted by atomic mass is 19.1. The van der Waals surface area contributed by atoms with Crippen molar-refractivity contribution in [1.82, 2.24) is 14.9 Å². The lowest BCUT2D eigenvalue weighted by atomic mass is 10.2. The van der Waals surface area contributed by atoms with Gasteiger partial charge in [0.2, 0.25) is 0 Å². The highest BCUT2D eigenvalue weighted by Gasteiger charge is 2.22. The molecule has 1 aromatic heterocycles. The zero-order chi connectivity index (χ0) is 13.8. The number of hydrogen-bond acceptors (Lipinski definition) is 5. The van der Waals surface area contributed by atoms with Crippen molar-refractivity contribution >= 4 is 5.82 Å². The smallest absolute Gasteiger partial charge is 0.187 e. The van der Waals surface area contributed by atoms with E-state index < -0.39 is 0 Å². The first-order valence-electron chi connectivity index (χ1n) is 6.76. The Hall–Kier alpha value is -1.27. The van der Waals surface area contributed by atoms with Crippen molar-refractivity contribution < 1.29 is 9.50 Å². The number of rotatable bonds is 4. The number of aromatic nitrogens is 2. The number of hydrogen-bond donors (Lipinski definition) is 1. The number of β-amino-alcohol motifs (C(OH)–C–C–N with tert-alkyl or cyclic N) is 1. The molecule has 0 bridgehead atoms. The van der Waals surface area contributed by atoms with E-state index in [0.29, 0.717) is 24.5 Å². The number of aryl methyl sites for hydroxylation is 1. The molecule has 1 aliphatic rings. The van der Waals surface area contributed by atoms with E-state index in [2.05, 4.69) is 14.9 Å². The van der Waals surface area contributed by atoms with Gasteiger partial charge < -0.3 is 10.0 Å². The van der Waals surface area contributed by atoms with Crippen molar-refractivity contribution in [2.75, 3.05) is 37.6 Å². The van der Waals surface area contributed by atoms with Crippen LogP contribution in [0.15, 0.2) is 6.33 Å². The van der Waals surface area contributed by atoms with Crippen molar-refractivity contribution in [3.8, 4) is 0 Å². The van der Waals surface area contributed by atoms with Gasteiger partial charge in [-0.2, -0.15) is 0 Å². The molecular weight excluding hydrogens is 247 g/mol. The van der Waals surface area contributed by atoms with Crippen LogP contribution in [-0.4, -0.2) is 58.8 Å². The summed E-state index contributed by atoms with van der Waals surface area (Å²) < 4.78 is 14.1. The number of aliphatic hydroxyl groups is 1. The Morgan fingerprint density at radius 1 is 1.32 bits per heavy atom. The number of nitrogens with zero attached hydrogens (tertiary/aromatic N) is 4. The minimum absolute atomic E-state index is 0.297. The van der Waals surface area contributed by atoms with Gasteiger partial charge in [0, 0.05) is 32.7 Å². The average Bonchev–Trinajstić information content (AvgIpc) is 2.39. The maximum atomic E-state index is 14.1. The molecule has 2 heterocycles. The highest BCUT2D eigenvalue weighted by Crippen LogP contribution is 2.19. The third-order valence-electron chi connectivity index (χ3n) is 3.37. The predicted octanol–water partition coefficient (Wildman–Crippen LogP) is 0.681. The molecule has 1 aromatic rings. The summed E-state index contributed by atoms with van der Waals surface area (Å²) in [5.74, 6) is 0.109. The molecule has 2 rings (SSSR count). The van der Waals surface area contributed by atoms with Crippen LogP contribution in [0.25, 0.3) is 0 Å². The van der Waals surface area contributed by atoms with E-state index in [1.807, 2.05) is 11.8 Å². The van der Waals surface area contributed by atoms with E-state index in [1.165, 1.54) is 6.33 Å². The first kappa shape index (κ1) is 14.1. The van der Waals surface area contributed by atoms with Crippen LogP contribution in [0.5, 0.6) is 0 Å². The summed E-state index contributed by atoms with van der Waals surface area (Å²) >= 11 is 0. The van der Waals surface area contributed by atoms with Crippen molar-refractivity contribution in [2.45, 2.75) is 26.4 Å². The standard InChI is InChI=1S/C13H21FN4O/c1-3-11-12(14)13(16-9-15-11)18-6-4-17(5-7-18)8-10(2)19/h9-10,19H,3-8H2,1-2H3/t10-/m1/s1. The van der Waals surface area contributed by atoms with Gasteiger partial charge in [-0.25, -0.2) is 14.4 Å². The van der Waals surface area contributed by atoms with Crippen LogP contribution < -0.4 is 4.90 Å². The van der Waals surface area contributed by atoms with Gasteiger partial charge in [0.25, 0.3) is 0 Å². The fourth-order valence-electron chi connectivity index (χ4n) is 2.38. The largest absolute Gasteiger partial charge is 0.392 e. The zero-order valence-electron chi connectivity index (χ0n) is 11.5. The van der Waals surface area contributed by atoms with Gasteiger partial charge in [0.15, 0.2) is 11.6 Å². The van der Waals surface area contributed by atoms with Gasteiger partial charge in [-0.3, -0.25) is 4.90 Å². The lowest BCUT2D eigenvalue weighted by Gasteiger charge is -2.36. The Labute approximate surface area is 113 Å². The monoisotopic (exact) mass is 268 g/mol. The van der Waals surface area contributed by atoms with Crippen LogP contribution in [0.3, 0.4) is 0 Å². The summed E-state index contributed by atoms with van der Waals surface area (Å²) in [7, 11) is 0.